The van der Waals surface area contributed by atoms with E-state index in [0.29, 0.717) is 25.8 Å². The number of amides is 1. The van der Waals surface area contributed by atoms with E-state index in [4.69, 9.17) is 5.11 Å². The Morgan fingerprint density at radius 2 is 1.93 bits per heavy atom. The molecule has 0 saturated carbocycles. The van der Waals surface area contributed by atoms with Crippen LogP contribution >= 0.6 is 11.3 Å². The number of aliphatic carboxylic acids is 1. The van der Waals surface area contributed by atoms with Gasteiger partial charge in [0, 0.05) is 28.3 Å². The first kappa shape index (κ1) is 22.1. The molecule has 0 radical (unpaired) electrons. The number of carboxylic acids is 1. The molecule has 1 unspecified atom stereocenters. The van der Waals surface area contributed by atoms with Gasteiger partial charge in [0.1, 0.15) is 6.10 Å². The lowest BCUT2D eigenvalue weighted by atomic mass is 10.0. The Labute approximate surface area is 177 Å². The molecule has 1 aliphatic rings. The fraction of sp³-hybridized carbons (Fsp3) is 0.364. The van der Waals surface area contributed by atoms with Crippen LogP contribution in [0, 0.1) is 0 Å². The van der Waals surface area contributed by atoms with Crippen molar-refractivity contribution in [2.75, 3.05) is 6.54 Å². The highest BCUT2D eigenvalue weighted by molar-refractivity contribution is 7.12. The summed E-state index contributed by atoms with van der Waals surface area (Å²) >= 11 is 1.39. The number of benzene rings is 1. The Balaban J connectivity index is 1.61. The number of alkyl halides is 2. The summed E-state index contributed by atoms with van der Waals surface area (Å²) in [6, 6.07) is 10.4. The number of likely N-dealkylation sites (tertiary alicyclic amines) is 1. The maximum atomic E-state index is 14.4. The molecule has 3 rings (SSSR count). The molecule has 0 aliphatic carbocycles. The van der Waals surface area contributed by atoms with Gasteiger partial charge in [-0.1, -0.05) is 42.5 Å². The number of carbonyl (C=O) groups is 2. The third kappa shape index (κ3) is 5.31. The Morgan fingerprint density at radius 1 is 1.23 bits per heavy atom. The number of rotatable bonds is 9. The molecule has 2 heterocycles. The average Bonchev–Trinajstić information content (AvgIpc) is 3.30. The summed E-state index contributed by atoms with van der Waals surface area (Å²) in [5.74, 6) is -4.38. The number of thiophene rings is 1. The van der Waals surface area contributed by atoms with Crippen LogP contribution in [0.15, 0.2) is 54.6 Å². The van der Waals surface area contributed by atoms with Gasteiger partial charge >= 0.3 is 11.9 Å². The van der Waals surface area contributed by atoms with Crippen molar-refractivity contribution in [2.24, 2.45) is 0 Å². The number of halogens is 2. The maximum absolute atomic E-state index is 14.4. The van der Waals surface area contributed by atoms with Crippen molar-refractivity contribution in [1.82, 2.24) is 4.90 Å². The number of hydrogen-bond donors (Lipinski definition) is 2. The number of aliphatic hydroxyl groups is 1. The molecule has 2 atom stereocenters. The second-order valence-electron chi connectivity index (χ2n) is 7.20. The topological polar surface area (TPSA) is 77.8 Å². The minimum Gasteiger partial charge on any atom is -0.481 e. The molecule has 160 valence electrons. The van der Waals surface area contributed by atoms with Gasteiger partial charge in [0.25, 0.3) is 0 Å². The molecule has 2 N–H and O–H groups in total. The van der Waals surface area contributed by atoms with Crippen LogP contribution in [0.25, 0.3) is 0 Å². The van der Waals surface area contributed by atoms with Crippen LogP contribution in [-0.4, -0.2) is 45.7 Å². The van der Waals surface area contributed by atoms with E-state index in [2.05, 4.69) is 0 Å². The van der Waals surface area contributed by atoms with Gasteiger partial charge in [0.05, 0.1) is 12.5 Å². The number of carboxylic acid groups (broad SMARTS) is 1. The monoisotopic (exact) mass is 435 g/mol. The van der Waals surface area contributed by atoms with Crippen LogP contribution in [0.4, 0.5) is 8.78 Å². The summed E-state index contributed by atoms with van der Waals surface area (Å²) in [5.41, 5.74) is -0.267. The van der Waals surface area contributed by atoms with E-state index in [0.717, 1.165) is 15.8 Å². The van der Waals surface area contributed by atoms with Gasteiger partial charge in [-0.25, -0.2) is 0 Å². The van der Waals surface area contributed by atoms with Crippen molar-refractivity contribution >= 4 is 23.2 Å². The zero-order chi connectivity index (χ0) is 21.7. The first-order chi connectivity index (χ1) is 14.3. The summed E-state index contributed by atoms with van der Waals surface area (Å²) < 4.78 is 28.9. The molecule has 1 aromatic heterocycles. The zero-order valence-electron chi connectivity index (χ0n) is 16.2. The van der Waals surface area contributed by atoms with Gasteiger partial charge in [-0.2, -0.15) is 8.78 Å². The van der Waals surface area contributed by atoms with E-state index >= 15 is 0 Å². The molecule has 2 aromatic rings. The average molecular weight is 435 g/mol. The zero-order valence-corrected chi connectivity index (χ0v) is 17.0. The molecule has 0 spiro atoms. The number of nitrogens with zero attached hydrogens (tertiary/aromatic N) is 1. The SMILES string of the molecule is O=C(O)Cc1ccc(CCN2C(=O)CC[C@@H]2C=CC(O)C(F)(F)c2ccccc2)s1. The molecule has 1 amide bonds. The van der Waals surface area contributed by atoms with E-state index in [1.165, 1.54) is 41.7 Å². The maximum Gasteiger partial charge on any atom is 0.308 e. The van der Waals surface area contributed by atoms with Gasteiger partial charge in [0.15, 0.2) is 0 Å². The summed E-state index contributed by atoms with van der Waals surface area (Å²) in [7, 11) is 0. The van der Waals surface area contributed by atoms with Crippen molar-refractivity contribution in [3.8, 4) is 0 Å². The summed E-state index contributed by atoms with van der Waals surface area (Å²) in [4.78, 5) is 26.3. The van der Waals surface area contributed by atoms with Crippen LogP contribution in [0.3, 0.4) is 0 Å². The van der Waals surface area contributed by atoms with Crippen molar-refractivity contribution in [1.29, 1.82) is 0 Å². The van der Waals surface area contributed by atoms with E-state index < -0.39 is 18.0 Å². The Hall–Kier alpha value is -2.58. The van der Waals surface area contributed by atoms with Gasteiger partial charge in [-0.3, -0.25) is 9.59 Å². The first-order valence-corrected chi connectivity index (χ1v) is 10.5. The second kappa shape index (κ2) is 9.49. The highest BCUT2D eigenvalue weighted by Crippen LogP contribution is 2.33. The van der Waals surface area contributed by atoms with Crippen LogP contribution in [-0.2, 0) is 28.4 Å². The first-order valence-electron chi connectivity index (χ1n) is 9.66. The van der Waals surface area contributed by atoms with Gasteiger partial charge in [-0.15, -0.1) is 11.3 Å². The van der Waals surface area contributed by atoms with Crippen LogP contribution in [0.1, 0.15) is 28.2 Å². The van der Waals surface area contributed by atoms with E-state index in [9.17, 15) is 23.5 Å². The second-order valence-corrected chi connectivity index (χ2v) is 8.45. The molecule has 5 nitrogen and oxygen atoms in total. The molecule has 30 heavy (non-hydrogen) atoms. The predicted molar refractivity (Wildman–Crippen MR) is 110 cm³/mol. The molecular weight excluding hydrogens is 412 g/mol. The number of hydrogen-bond acceptors (Lipinski definition) is 4. The van der Waals surface area contributed by atoms with E-state index in [1.807, 2.05) is 6.07 Å². The van der Waals surface area contributed by atoms with Crippen molar-refractivity contribution in [3.63, 3.8) is 0 Å². The molecular formula is C22H23F2NO4S. The molecule has 1 saturated heterocycles. The molecule has 1 fully saturated rings. The van der Waals surface area contributed by atoms with Crippen molar-refractivity contribution < 1.29 is 28.6 Å². The Kier molecular flexibility index (Phi) is 6.99. The summed E-state index contributed by atoms with van der Waals surface area (Å²) in [5, 5.41) is 18.9. The lowest BCUT2D eigenvalue weighted by Crippen LogP contribution is -2.34. The van der Waals surface area contributed by atoms with Crippen LogP contribution < -0.4 is 0 Å². The fourth-order valence-corrected chi connectivity index (χ4v) is 4.46. The highest BCUT2D eigenvalue weighted by Gasteiger charge is 2.39. The van der Waals surface area contributed by atoms with Gasteiger partial charge < -0.3 is 15.1 Å². The molecule has 1 aliphatic heterocycles. The summed E-state index contributed by atoms with van der Waals surface area (Å²) in [6.07, 6.45) is 1.92. The smallest absolute Gasteiger partial charge is 0.308 e. The van der Waals surface area contributed by atoms with Gasteiger partial charge in [0.2, 0.25) is 5.91 Å². The molecule has 1 aromatic carbocycles. The molecule has 0 bridgehead atoms. The highest BCUT2D eigenvalue weighted by atomic mass is 32.1. The minimum absolute atomic E-state index is 0.0355. The standard InChI is InChI=1S/C22H23F2NO4S/c23-22(24,15-4-2-1-3-5-15)19(26)10-6-16-7-11-20(27)25(16)13-12-17-8-9-18(30-17)14-21(28)29/h1-6,8-10,16,19,26H,7,11-14H2,(H,28,29)/t16-,19?/m0/s1. The minimum atomic E-state index is -3.43. The Bertz CT molecular complexity index is 913. The van der Waals surface area contributed by atoms with Crippen LogP contribution in [0.2, 0.25) is 0 Å². The van der Waals surface area contributed by atoms with Crippen LogP contribution in [0.5, 0.6) is 0 Å². The Morgan fingerprint density at radius 3 is 2.63 bits per heavy atom. The summed E-state index contributed by atoms with van der Waals surface area (Å²) in [6.45, 7) is 0.409. The largest absolute Gasteiger partial charge is 0.481 e. The van der Waals surface area contributed by atoms with Crippen molar-refractivity contribution in [3.05, 3.63) is 69.9 Å². The normalized spacial score (nSPS) is 18.3. The number of carbonyl (C=O) groups excluding carboxylic acids is 1. The molecule has 8 heteroatoms. The predicted octanol–water partition coefficient (Wildman–Crippen LogP) is 3.62. The number of aliphatic hydroxyl groups excluding tert-OH is 1. The lowest BCUT2D eigenvalue weighted by molar-refractivity contribution is -0.136. The third-order valence-electron chi connectivity index (χ3n) is 5.06. The van der Waals surface area contributed by atoms with Crippen molar-refractivity contribution in [2.45, 2.75) is 43.8 Å². The van der Waals surface area contributed by atoms with E-state index in [1.54, 1.807) is 17.0 Å². The lowest BCUT2D eigenvalue weighted by Gasteiger charge is -2.24. The quantitative estimate of drug-likeness (QED) is 0.590. The third-order valence-corrected chi connectivity index (χ3v) is 6.21. The van der Waals surface area contributed by atoms with E-state index in [-0.39, 0.29) is 23.9 Å². The fourth-order valence-electron chi connectivity index (χ4n) is 3.46. The van der Waals surface area contributed by atoms with Gasteiger partial charge in [-0.05, 0) is 25.0 Å².